The third-order valence-electron chi connectivity index (χ3n) is 4.66. The Balaban J connectivity index is 1.87. The van der Waals surface area contributed by atoms with Gasteiger partial charge < -0.3 is 4.90 Å². The Morgan fingerprint density at radius 3 is 2.80 bits per heavy atom. The number of hydrogen-bond acceptors (Lipinski definition) is 4. The monoisotopic (exact) mass is 358 g/mol. The van der Waals surface area contributed by atoms with Crippen molar-refractivity contribution in [2.75, 3.05) is 23.7 Å². The second-order valence-electron chi connectivity index (χ2n) is 6.37. The van der Waals surface area contributed by atoms with Crippen molar-refractivity contribution >= 4 is 16.8 Å². The fourth-order valence-electron chi connectivity index (χ4n) is 3.20. The standard InChI is InChI=1S/C19H26N4OS/c1-4-23-8-6-7-15-9-18(13-21-19(15)23)17-10-16(11-20-12-17)14(3)22-25(24)5-2/h9-14,22H,4-8H2,1-3H3/t14-,25?/m1/s1. The molecule has 0 radical (unpaired) electrons. The molecule has 1 aliphatic rings. The molecule has 0 fully saturated rings. The van der Waals surface area contributed by atoms with Gasteiger partial charge in [-0.3, -0.25) is 4.98 Å². The highest BCUT2D eigenvalue weighted by molar-refractivity contribution is 7.82. The molecular formula is C19H26N4OS. The largest absolute Gasteiger partial charge is 0.357 e. The van der Waals surface area contributed by atoms with Gasteiger partial charge in [0.2, 0.25) is 0 Å². The van der Waals surface area contributed by atoms with Crippen LogP contribution in [0.5, 0.6) is 0 Å². The summed E-state index contributed by atoms with van der Waals surface area (Å²) < 4.78 is 14.8. The van der Waals surface area contributed by atoms with E-state index in [1.54, 1.807) is 0 Å². The number of anilines is 1. The third-order valence-corrected chi connectivity index (χ3v) is 5.80. The second-order valence-corrected chi connectivity index (χ2v) is 7.87. The first-order chi connectivity index (χ1) is 12.1. The van der Waals surface area contributed by atoms with Crippen LogP contribution in [0.4, 0.5) is 5.82 Å². The van der Waals surface area contributed by atoms with E-state index in [-0.39, 0.29) is 6.04 Å². The summed E-state index contributed by atoms with van der Waals surface area (Å²) in [6.45, 7) is 8.17. The zero-order chi connectivity index (χ0) is 17.8. The van der Waals surface area contributed by atoms with Crippen LogP contribution in [0.2, 0.25) is 0 Å². The summed E-state index contributed by atoms with van der Waals surface area (Å²) >= 11 is 0. The molecule has 2 atom stereocenters. The Labute approximate surface area is 152 Å². The minimum absolute atomic E-state index is 0.00518. The van der Waals surface area contributed by atoms with Crippen molar-refractivity contribution < 1.29 is 4.21 Å². The highest BCUT2D eigenvalue weighted by Crippen LogP contribution is 2.29. The molecule has 25 heavy (non-hydrogen) atoms. The van der Waals surface area contributed by atoms with Gasteiger partial charge in [0.15, 0.2) is 0 Å². The lowest BCUT2D eigenvalue weighted by Gasteiger charge is -2.29. The first-order valence-electron chi connectivity index (χ1n) is 8.96. The molecule has 0 spiro atoms. The third kappa shape index (κ3) is 4.07. The Morgan fingerprint density at radius 1 is 1.24 bits per heavy atom. The van der Waals surface area contributed by atoms with Crippen molar-refractivity contribution in [3.8, 4) is 11.1 Å². The predicted molar refractivity (Wildman–Crippen MR) is 104 cm³/mol. The molecule has 6 heteroatoms. The fourth-order valence-corrected chi connectivity index (χ4v) is 3.90. The van der Waals surface area contributed by atoms with Gasteiger partial charge >= 0.3 is 0 Å². The highest BCUT2D eigenvalue weighted by atomic mass is 32.2. The summed E-state index contributed by atoms with van der Waals surface area (Å²) in [6.07, 6.45) is 7.90. The lowest BCUT2D eigenvalue weighted by Crippen LogP contribution is -2.29. The van der Waals surface area contributed by atoms with Gasteiger partial charge in [0, 0.05) is 54.6 Å². The molecule has 1 aliphatic heterocycles. The van der Waals surface area contributed by atoms with Crippen molar-refractivity contribution in [2.24, 2.45) is 0 Å². The van der Waals surface area contributed by atoms with Gasteiger partial charge in [0.25, 0.3) is 0 Å². The molecule has 1 unspecified atom stereocenters. The van der Waals surface area contributed by atoms with E-state index in [4.69, 9.17) is 4.98 Å². The lowest BCUT2D eigenvalue weighted by molar-refractivity contribution is 0.651. The van der Waals surface area contributed by atoms with Crippen molar-refractivity contribution in [1.82, 2.24) is 14.7 Å². The molecule has 0 aromatic carbocycles. The zero-order valence-electron chi connectivity index (χ0n) is 15.2. The Kier molecular flexibility index (Phi) is 5.81. The van der Waals surface area contributed by atoms with Gasteiger partial charge in [-0.15, -0.1) is 0 Å². The first kappa shape index (κ1) is 18.0. The summed E-state index contributed by atoms with van der Waals surface area (Å²) in [5.74, 6) is 1.72. The summed E-state index contributed by atoms with van der Waals surface area (Å²) in [4.78, 5) is 11.4. The van der Waals surface area contributed by atoms with Crippen LogP contribution in [0.25, 0.3) is 11.1 Å². The van der Waals surface area contributed by atoms with E-state index in [2.05, 4.69) is 33.7 Å². The summed E-state index contributed by atoms with van der Waals surface area (Å²) in [5.41, 5.74) is 4.49. The molecule has 5 nitrogen and oxygen atoms in total. The Hall–Kier alpha value is -1.79. The maximum Gasteiger partial charge on any atom is 0.131 e. The minimum atomic E-state index is -1.01. The average Bonchev–Trinajstić information content (AvgIpc) is 2.66. The van der Waals surface area contributed by atoms with Crippen LogP contribution in [0.15, 0.2) is 30.7 Å². The van der Waals surface area contributed by atoms with Crippen molar-refractivity contribution in [2.45, 2.75) is 39.7 Å². The molecule has 0 bridgehead atoms. The molecule has 2 aromatic rings. The molecule has 1 N–H and O–H groups in total. The molecule has 2 aromatic heterocycles. The van der Waals surface area contributed by atoms with Gasteiger partial charge in [-0.05, 0) is 49.9 Å². The molecule has 0 amide bonds. The molecule has 0 aliphatic carbocycles. The molecule has 3 rings (SSSR count). The number of aryl methyl sites for hydroxylation is 1. The lowest BCUT2D eigenvalue weighted by atomic mass is 10.00. The summed E-state index contributed by atoms with van der Waals surface area (Å²) in [7, 11) is -1.01. The van der Waals surface area contributed by atoms with E-state index in [1.807, 2.05) is 32.4 Å². The normalized spacial score (nSPS) is 16.4. The zero-order valence-corrected chi connectivity index (χ0v) is 16.0. The van der Waals surface area contributed by atoms with Gasteiger partial charge in [0.05, 0.1) is 11.0 Å². The molecule has 3 heterocycles. The summed E-state index contributed by atoms with van der Waals surface area (Å²) in [6, 6.07) is 4.35. The average molecular weight is 359 g/mol. The summed E-state index contributed by atoms with van der Waals surface area (Å²) in [5, 5.41) is 0. The predicted octanol–water partition coefficient (Wildman–Crippen LogP) is 3.25. The number of nitrogens with zero attached hydrogens (tertiary/aromatic N) is 3. The maximum absolute atomic E-state index is 11.7. The number of aromatic nitrogens is 2. The maximum atomic E-state index is 11.7. The number of rotatable bonds is 6. The van der Waals surface area contributed by atoms with E-state index < -0.39 is 11.0 Å². The first-order valence-corrected chi connectivity index (χ1v) is 10.3. The highest BCUT2D eigenvalue weighted by Gasteiger charge is 2.18. The molecule has 0 saturated carbocycles. The van der Waals surface area contributed by atoms with Crippen LogP contribution in [0.3, 0.4) is 0 Å². The van der Waals surface area contributed by atoms with Crippen molar-refractivity contribution in [3.63, 3.8) is 0 Å². The van der Waals surface area contributed by atoms with Crippen LogP contribution in [-0.2, 0) is 17.4 Å². The van der Waals surface area contributed by atoms with Crippen molar-refractivity contribution in [1.29, 1.82) is 0 Å². The number of hydrogen-bond donors (Lipinski definition) is 1. The smallest absolute Gasteiger partial charge is 0.131 e. The van der Waals surface area contributed by atoms with Crippen LogP contribution >= 0.6 is 0 Å². The van der Waals surface area contributed by atoms with Gasteiger partial charge in [0.1, 0.15) is 5.82 Å². The number of fused-ring (bicyclic) bond motifs is 1. The van der Waals surface area contributed by atoms with E-state index in [0.29, 0.717) is 5.75 Å². The van der Waals surface area contributed by atoms with Crippen LogP contribution in [0, 0.1) is 0 Å². The molecule has 134 valence electrons. The van der Waals surface area contributed by atoms with E-state index in [0.717, 1.165) is 42.0 Å². The molecule has 0 saturated heterocycles. The van der Waals surface area contributed by atoms with E-state index in [9.17, 15) is 4.21 Å². The Morgan fingerprint density at radius 2 is 2.04 bits per heavy atom. The Bertz CT molecular complexity index is 765. The molecular weight excluding hydrogens is 332 g/mol. The van der Waals surface area contributed by atoms with Gasteiger partial charge in [-0.25, -0.2) is 13.9 Å². The van der Waals surface area contributed by atoms with Crippen molar-refractivity contribution in [3.05, 3.63) is 41.9 Å². The van der Waals surface area contributed by atoms with Gasteiger partial charge in [-0.1, -0.05) is 6.92 Å². The topological polar surface area (TPSA) is 58.1 Å². The quantitative estimate of drug-likeness (QED) is 0.861. The van der Waals surface area contributed by atoms with Crippen LogP contribution in [-0.4, -0.2) is 33.0 Å². The van der Waals surface area contributed by atoms with E-state index in [1.165, 1.54) is 12.0 Å². The van der Waals surface area contributed by atoms with Crippen LogP contribution < -0.4 is 9.62 Å². The SMILES string of the molecule is CCN1CCCc2cc(-c3cncc([C@@H](C)NS(=O)CC)c3)cnc21. The number of nitrogens with one attached hydrogen (secondary N) is 1. The van der Waals surface area contributed by atoms with Crippen LogP contribution in [0.1, 0.15) is 44.4 Å². The van der Waals surface area contributed by atoms with E-state index >= 15 is 0 Å². The minimum Gasteiger partial charge on any atom is -0.357 e. The second kappa shape index (κ2) is 8.06. The van der Waals surface area contributed by atoms with Gasteiger partial charge in [-0.2, -0.15) is 0 Å². The fraction of sp³-hybridized carbons (Fsp3) is 0.474. The number of pyridine rings is 2.